The third kappa shape index (κ3) is 6.69. The van der Waals surface area contributed by atoms with E-state index in [0.29, 0.717) is 31.5 Å². The van der Waals surface area contributed by atoms with Crippen molar-refractivity contribution in [3.63, 3.8) is 0 Å². The molecular formula is C21H29N3O6S2. The molecule has 0 aliphatic carbocycles. The van der Waals surface area contributed by atoms with Crippen molar-refractivity contribution in [1.82, 2.24) is 14.5 Å². The number of sulfonamides is 1. The lowest BCUT2D eigenvalue weighted by atomic mass is 10.1. The maximum atomic E-state index is 13.2. The summed E-state index contributed by atoms with van der Waals surface area (Å²) in [6.07, 6.45) is 0.865. The molecule has 176 valence electrons. The number of carbonyl (C=O) groups is 3. The van der Waals surface area contributed by atoms with Crippen molar-refractivity contribution in [2.24, 2.45) is 0 Å². The van der Waals surface area contributed by atoms with Crippen molar-refractivity contribution in [2.75, 3.05) is 31.1 Å². The van der Waals surface area contributed by atoms with Gasteiger partial charge in [0.2, 0.25) is 21.8 Å². The van der Waals surface area contributed by atoms with E-state index in [2.05, 4.69) is 4.72 Å². The minimum absolute atomic E-state index is 0.0144. The smallest absolute Gasteiger partial charge is 0.326 e. The van der Waals surface area contributed by atoms with Crippen LogP contribution < -0.4 is 4.72 Å². The molecule has 3 rings (SSSR count). The molecule has 32 heavy (non-hydrogen) atoms. The number of nitrogens with zero attached hydrogens (tertiary/aromatic N) is 2. The van der Waals surface area contributed by atoms with E-state index in [0.717, 1.165) is 11.5 Å². The molecule has 0 saturated carbocycles. The van der Waals surface area contributed by atoms with E-state index in [1.807, 2.05) is 0 Å². The summed E-state index contributed by atoms with van der Waals surface area (Å²) in [6, 6.07) is 6.42. The van der Waals surface area contributed by atoms with E-state index in [1.165, 1.54) is 4.90 Å². The molecule has 11 heteroatoms. The molecule has 1 aromatic rings. The number of rotatable bonds is 9. The van der Waals surface area contributed by atoms with Crippen LogP contribution in [0.15, 0.2) is 30.3 Å². The summed E-state index contributed by atoms with van der Waals surface area (Å²) in [4.78, 5) is 40.3. The van der Waals surface area contributed by atoms with Crippen molar-refractivity contribution in [3.05, 3.63) is 35.9 Å². The first-order valence-electron chi connectivity index (χ1n) is 10.7. The Kier molecular flexibility index (Phi) is 8.55. The number of thioether (sulfide) groups is 1. The van der Waals surface area contributed by atoms with Gasteiger partial charge in [0.15, 0.2) is 0 Å². The van der Waals surface area contributed by atoms with Gasteiger partial charge in [0.1, 0.15) is 12.1 Å². The number of carboxylic acids is 1. The van der Waals surface area contributed by atoms with Gasteiger partial charge in [0.05, 0.1) is 5.75 Å². The zero-order valence-corrected chi connectivity index (χ0v) is 19.4. The summed E-state index contributed by atoms with van der Waals surface area (Å²) in [6.45, 7) is 1.52. The predicted molar refractivity (Wildman–Crippen MR) is 121 cm³/mol. The molecule has 2 heterocycles. The number of benzene rings is 1. The number of carboxylic acid groups (broad SMARTS) is 1. The topological polar surface area (TPSA) is 124 Å². The van der Waals surface area contributed by atoms with Gasteiger partial charge in [-0.25, -0.2) is 17.9 Å². The average Bonchev–Trinajstić information content (AvgIpc) is 3.27. The molecular weight excluding hydrogens is 454 g/mol. The summed E-state index contributed by atoms with van der Waals surface area (Å²) in [5, 5.41) is 9.43. The number of nitrogens with one attached hydrogen (secondary N) is 1. The predicted octanol–water partition coefficient (Wildman–Crippen LogP) is 0.906. The van der Waals surface area contributed by atoms with Crippen LogP contribution in [-0.4, -0.2) is 84.3 Å². The van der Waals surface area contributed by atoms with Crippen LogP contribution in [0.1, 0.15) is 31.2 Å². The molecule has 0 aromatic heterocycles. The van der Waals surface area contributed by atoms with Crippen molar-refractivity contribution in [3.8, 4) is 0 Å². The van der Waals surface area contributed by atoms with Gasteiger partial charge in [0.25, 0.3) is 0 Å². The van der Waals surface area contributed by atoms with E-state index < -0.39 is 34.0 Å². The summed E-state index contributed by atoms with van der Waals surface area (Å²) in [7, 11) is -3.89. The van der Waals surface area contributed by atoms with Gasteiger partial charge in [-0.3, -0.25) is 9.59 Å². The van der Waals surface area contributed by atoms with Gasteiger partial charge in [-0.1, -0.05) is 30.3 Å². The Morgan fingerprint density at radius 1 is 1.12 bits per heavy atom. The fourth-order valence-electron chi connectivity index (χ4n) is 4.01. The number of hydrogen-bond donors (Lipinski definition) is 2. The zero-order valence-electron chi connectivity index (χ0n) is 17.8. The van der Waals surface area contributed by atoms with Crippen LogP contribution in [0.5, 0.6) is 0 Å². The largest absolute Gasteiger partial charge is 0.480 e. The first-order valence-corrected chi connectivity index (χ1v) is 13.5. The van der Waals surface area contributed by atoms with Crippen LogP contribution in [0.4, 0.5) is 0 Å². The summed E-state index contributed by atoms with van der Waals surface area (Å²) in [5.74, 6) is -0.423. The Labute approximate surface area is 192 Å². The first kappa shape index (κ1) is 24.5. The number of amides is 2. The molecule has 0 spiro atoms. The second kappa shape index (κ2) is 11.2. The van der Waals surface area contributed by atoms with Gasteiger partial charge in [0, 0.05) is 37.6 Å². The number of aliphatic carboxylic acids is 1. The average molecular weight is 484 g/mol. The highest BCUT2D eigenvalue weighted by Crippen LogP contribution is 2.21. The third-order valence-electron chi connectivity index (χ3n) is 5.65. The molecule has 2 atom stereocenters. The Morgan fingerprint density at radius 3 is 2.47 bits per heavy atom. The molecule has 2 fully saturated rings. The molecule has 1 aromatic carbocycles. The van der Waals surface area contributed by atoms with E-state index in [4.69, 9.17) is 0 Å². The van der Waals surface area contributed by atoms with Crippen LogP contribution in [0.25, 0.3) is 0 Å². The van der Waals surface area contributed by atoms with E-state index in [9.17, 15) is 27.9 Å². The second-order valence-corrected chi connectivity index (χ2v) is 11.0. The van der Waals surface area contributed by atoms with Crippen molar-refractivity contribution >= 4 is 39.6 Å². The molecule has 2 unspecified atom stereocenters. The van der Waals surface area contributed by atoms with Gasteiger partial charge >= 0.3 is 5.97 Å². The minimum Gasteiger partial charge on any atom is -0.480 e. The lowest BCUT2D eigenvalue weighted by molar-refractivity contribution is -0.149. The van der Waals surface area contributed by atoms with Gasteiger partial charge in [-0.05, 0) is 24.8 Å². The van der Waals surface area contributed by atoms with Crippen molar-refractivity contribution in [2.45, 2.75) is 43.5 Å². The van der Waals surface area contributed by atoms with Crippen LogP contribution in [0.2, 0.25) is 0 Å². The van der Waals surface area contributed by atoms with Crippen LogP contribution >= 0.6 is 11.8 Å². The van der Waals surface area contributed by atoms with Crippen LogP contribution in [0.3, 0.4) is 0 Å². The number of carbonyl (C=O) groups excluding carboxylic acids is 2. The molecule has 2 amide bonds. The SMILES string of the molecule is O=C(O)C1CCCN1C(=O)C(CCC(=O)N1CCSCC1)NS(=O)(=O)Cc1ccccc1. The first-order chi connectivity index (χ1) is 15.3. The summed E-state index contributed by atoms with van der Waals surface area (Å²) < 4.78 is 28.0. The monoisotopic (exact) mass is 483 g/mol. The quantitative estimate of drug-likeness (QED) is 0.535. The minimum atomic E-state index is -3.89. The zero-order chi connectivity index (χ0) is 23.1. The Bertz CT molecular complexity index is 919. The molecule has 2 saturated heterocycles. The van der Waals surface area contributed by atoms with E-state index in [1.54, 1.807) is 47.0 Å². The van der Waals surface area contributed by atoms with Gasteiger partial charge in [-0.15, -0.1) is 0 Å². The van der Waals surface area contributed by atoms with Crippen LogP contribution in [0, 0.1) is 0 Å². The standard InChI is InChI=1S/C21H29N3O6S2/c25-19(23-11-13-31-14-12-23)9-8-17(20(26)24-10-4-7-18(24)21(27)28)22-32(29,30)15-16-5-2-1-3-6-16/h1-3,5-6,17-18,22H,4,7-15H2,(H,27,28). The third-order valence-corrected chi connectivity index (χ3v) is 7.95. The highest BCUT2D eigenvalue weighted by atomic mass is 32.2. The normalized spacial score (nSPS) is 20.2. The maximum Gasteiger partial charge on any atom is 0.326 e. The number of hydrogen-bond acceptors (Lipinski definition) is 6. The molecule has 0 radical (unpaired) electrons. The fraction of sp³-hybridized carbons (Fsp3) is 0.571. The fourth-order valence-corrected chi connectivity index (χ4v) is 6.28. The Balaban J connectivity index is 1.72. The lowest BCUT2D eigenvalue weighted by Crippen LogP contribution is -2.52. The molecule has 0 bridgehead atoms. The Hall–Kier alpha value is -2.11. The molecule has 2 aliphatic heterocycles. The van der Waals surface area contributed by atoms with Crippen molar-refractivity contribution in [1.29, 1.82) is 0 Å². The van der Waals surface area contributed by atoms with E-state index in [-0.39, 0.29) is 31.0 Å². The Morgan fingerprint density at radius 2 is 1.81 bits per heavy atom. The van der Waals surface area contributed by atoms with Crippen molar-refractivity contribution < 1.29 is 27.9 Å². The molecule has 2 aliphatic rings. The summed E-state index contributed by atoms with van der Waals surface area (Å²) in [5.41, 5.74) is 0.567. The van der Waals surface area contributed by atoms with Gasteiger partial charge in [-0.2, -0.15) is 11.8 Å². The highest BCUT2D eigenvalue weighted by Gasteiger charge is 2.38. The molecule has 9 nitrogen and oxygen atoms in total. The molecule has 2 N–H and O–H groups in total. The summed E-state index contributed by atoms with van der Waals surface area (Å²) >= 11 is 1.77. The van der Waals surface area contributed by atoms with Gasteiger partial charge < -0.3 is 14.9 Å². The van der Waals surface area contributed by atoms with E-state index >= 15 is 0 Å². The maximum absolute atomic E-state index is 13.2. The second-order valence-electron chi connectivity index (χ2n) is 7.97. The lowest BCUT2D eigenvalue weighted by Gasteiger charge is -2.29. The highest BCUT2D eigenvalue weighted by molar-refractivity contribution is 7.99. The number of likely N-dealkylation sites (tertiary alicyclic amines) is 1. The van der Waals surface area contributed by atoms with Crippen LogP contribution in [-0.2, 0) is 30.2 Å².